The van der Waals surface area contributed by atoms with E-state index in [2.05, 4.69) is 23.8 Å². The molecule has 6 heteroatoms. The topological polar surface area (TPSA) is 84.5 Å². The van der Waals surface area contributed by atoms with E-state index in [1.807, 2.05) is 11.9 Å². The summed E-state index contributed by atoms with van der Waals surface area (Å²) in [4.78, 5) is 10.3. The van der Waals surface area contributed by atoms with E-state index < -0.39 is 0 Å². The molecule has 1 aromatic rings. The average molecular weight is 254 g/mol. The molecule has 0 radical (unpaired) electrons. The summed E-state index contributed by atoms with van der Waals surface area (Å²) >= 11 is 0. The quantitative estimate of drug-likeness (QED) is 0.694. The number of nitrogen functional groups attached to an aromatic ring is 1. The molecule has 0 bridgehead atoms. The zero-order valence-electron chi connectivity index (χ0n) is 11.3. The van der Waals surface area contributed by atoms with Crippen LogP contribution >= 0.6 is 0 Å². The van der Waals surface area contributed by atoms with Crippen LogP contribution in [0.3, 0.4) is 0 Å². The minimum atomic E-state index is 0.0431. The van der Waals surface area contributed by atoms with Gasteiger partial charge in [-0.15, -0.1) is 0 Å². The first-order valence-corrected chi connectivity index (χ1v) is 6.08. The van der Waals surface area contributed by atoms with Gasteiger partial charge in [0.15, 0.2) is 0 Å². The molecule has 1 rings (SSSR count). The molecule has 0 aromatic carbocycles. The molecule has 1 aromatic heterocycles. The predicted octanol–water partition coefficient (Wildman–Crippen LogP) is 0.627. The highest BCUT2D eigenvalue weighted by Gasteiger charge is 2.15. The summed E-state index contributed by atoms with van der Waals surface area (Å²) < 4.78 is 5.24. The summed E-state index contributed by atoms with van der Waals surface area (Å²) in [5, 5.41) is 8.63. The van der Waals surface area contributed by atoms with E-state index in [1.165, 1.54) is 6.33 Å². The van der Waals surface area contributed by atoms with Crippen molar-refractivity contribution in [1.29, 1.82) is 0 Å². The van der Waals surface area contributed by atoms with Crippen LogP contribution in [0.5, 0.6) is 0 Å². The molecule has 0 unspecified atom stereocenters. The van der Waals surface area contributed by atoms with E-state index in [4.69, 9.17) is 15.6 Å². The largest absolute Gasteiger partial charge is 0.394 e. The molecule has 0 fully saturated rings. The van der Waals surface area contributed by atoms with E-state index in [9.17, 15) is 0 Å². The zero-order valence-corrected chi connectivity index (χ0v) is 11.3. The van der Waals surface area contributed by atoms with Crippen molar-refractivity contribution in [3.63, 3.8) is 0 Å². The number of nitrogens with zero attached hydrogens (tertiary/aromatic N) is 3. The van der Waals surface area contributed by atoms with Gasteiger partial charge in [0.05, 0.1) is 19.8 Å². The summed E-state index contributed by atoms with van der Waals surface area (Å²) in [5.74, 6) is 1.63. The molecular formula is C12H22N4O2. The lowest BCUT2D eigenvalue weighted by Gasteiger charge is -2.23. The van der Waals surface area contributed by atoms with Gasteiger partial charge in [-0.3, -0.25) is 0 Å². The normalized spacial score (nSPS) is 10.9. The van der Waals surface area contributed by atoms with Crippen LogP contribution in [-0.2, 0) is 4.74 Å². The minimum Gasteiger partial charge on any atom is -0.394 e. The lowest BCUT2D eigenvalue weighted by molar-refractivity contribution is 0.0970. The van der Waals surface area contributed by atoms with Crippen LogP contribution in [-0.4, -0.2) is 48.5 Å². The summed E-state index contributed by atoms with van der Waals surface area (Å²) in [5.41, 5.74) is 6.85. The number of aromatic nitrogens is 2. The first-order chi connectivity index (χ1) is 8.57. The first-order valence-electron chi connectivity index (χ1n) is 6.08. The molecule has 3 N–H and O–H groups in total. The molecule has 0 saturated carbocycles. The van der Waals surface area contributed by atoms with Gasteiger partial charge in [-0.1, -0.05) is 13.8 Å². The third-order valence-corrected chi connectivity index (χ3v) is 2.64. The number of anilines is 2. The van der Waals surface area contributed by atoms with Gasteiger partial charge in [-0.2, -0.15) is 0 Å². The molecule has 1 heterocycles. The van der Waals surface area contributed by atoms with E-state index >= 15 is 0 Å². The highest BCUT2D eigenvalue weighted by molar-refractivity contribution is 5.57. The van der Waals surface area contributed by atoms with Crippen LogP contribution in [0.2, 0.25) is 0 Å². The Labute approximate surface area is 108 Å². The predicted molar refractivity (Wildman–Crippen MR) is 71.7 cm³/mol. The Morgan fingerprint density at radius 1 is 1.39 bits per heavy atom. The second-order valence-electron chi connectivity index (χ2n) is 4.41. The van der Waals surface area contributed by atoms with Crippen LogP contribution in [0.15, 0.2) is 6.33 Å². The number of hydrogen-bond donors (Lipinski definition) is 2. The molecule has 0 atom stereocenters. The second-order valence-corrected chi connectivity index (χ2v) is 4.41. The fraction of sp³-hybridized carbons (Fsp3) is 0.667. The number of hydrogen-bond acceptors (Lipinski definition) is 6. The van der Waals surface area contributed by atoms with E-state index in [1.54, 1.807) is 0 Å². The van der Waals surface area contributed by atoms with Crippen molar-refractivity contribution in [2.45, 2.75) is 19.8 Å². The summed E-state index contributed by atoms with van der Waals surface area (Å²) in [7, 11) is 1.94. The summed E-state index contributed by atoms with van der Waals surface area (Å²) in [6.07, 6.45) is 1.47. The van der Waals surface area contributed by atoms with E-state index in [0.29, 0.717) is 25.6 Å². The van der Waals surface area contributed by atoms with Gasteiger partial charge in [-0.25, -0.2) is 9.97 Å². The molecule has 18 heavy (non-hydrogen) atoms. The molecular weight excluding hydrogens is 232 g/mol. The Morgan fingerprint density at radius 3 is 2.72 bits per heavy atom. The number of aliphatic hydroxyl groups is 1. The highest BCUT2D eigenvalue weighted by Crippen LogP contribution is 2.28. The van der Waals surface area contributed by atoms with Crippen molar-refractivity contribution >= 4 is 11.6 Å². The summed E-state index contributed by atoms with van der Waals surface area (Å²) in [6.45, 7) is 5.76. The van der Waals surface area contributed by atoms with Gasteiger partial charge in [0.25, 0.3) is 0 Å². The molecule has 0 spiro atoms. The lowest BCUT2D eigenvalue weighted by atomic mass is 10.0. The second kappa shape index (κ2) is 7.13. The lowest BCUT2D eigenvalue weighted by Crippen LogP contribution is -2.26. The van der Waals surface area contributed by atoms with Gasteiger partial charge in [0.1, 0.15) is 18.0 Å². The first kappa shape index (κ1) is 14.7. The molecule has 0 aliphatic heterocycles. The van der Waals surface area contributed by atoms with Gasteiger partial charge in [-0.05, 0) is 5.92 Å². The van der Waals surface area contributed by atoms with Crippen molar-refractivity contribution in [3.8, 4) is 0 Å². The molecule has 0 amide bonds. The van der Waals surface area contributed by atoms with Crippen LogP contribution in [0.4, 0.5) is 11.6 Å². The number of rotatable bonds is 7. The zero-order chi connectivity index (χ0) is 13.5. The fourth-order valence-electron chi connectivity index (χ4n) is 1.73. The Balaban J connectivity index is 2.72. The summed E-state index contributed by atoms with van der Waals surface area (Å²) in [6, 6.07) is 0. The minimum absolute atomic E-state index is 0.0431. The molecule has 0 aliphatic rings. The smallest absolute Gasteiger partial charge is 0.137 e. The van der Waals surface area contributed by atoms with Crippen LogP contribution in [0, 0.1) is 0 Å². The Morgan fingerprint density at radius 2 is 2.11 bits per heavy atom. The van der Waals surface area contributed by atoms with Gasteiger partial charge >= 0.3 is 0 Å². The third-order valence-electron chi connectivity index (χ3n) is 2.64. The Bertz CT molecular complexity index is 371. The van der Waals surface area contributed by atoms with Crippen molar-refractivity contribution in [2.24, 2.45) is 0 Å². The van der Waals surface area contributed by atoms with Crippen LogP contribution < -0.4 is 10.6 Å². The van der Waals surface area contributed by atoms with Crippen molar-refractivity contribution in [3.05, 3.63) is 11.9 Å². The Kier molecular flexibility index (Phi) is 5.80. The highest BCUT2D eigenvalue weighted by atomic mass is 16.5. The number of ether oxygens (including phenoxy) is 1. The Hall–Kier alpha value is -1.40. The molecule has 0 aliphatic carbocycles. The average Bonchev–Trinajstić information content (AvgIpc) is 2.33. The SMILES string of the molecule is CC(C)c1c(N)ncnc1N(C)CCOCCO. The standard InChI is InChI=1S/C12H22N4O2/c1-9(2)10-11(13)14-8-15-12(10)16(3)4-6-18-7-5-17/h8-9,17H,4-7H2,1-3H3,(H2,13,14,15). The van der Waals surface area contributed by atoms with Gasteiger partial charge in [0.2, 0.25) is 0 Å². The van der Waals surface area contributed by atoms with E-state index in [0.717, 1.165) is 11.4 Å². The molecule has 0 saturated heterocycles. The third kappa shape index (κ3) is 3.82. The van der Waals surface area contributed by atoms with Gasteiger partial charge in [0, 0.05) is 19.2 Å². The van der Waals surface area contributed by atoms with Gasteiger partial charge < -0.3 is 20.5 Å². The monoisotopic (exact) mass is 254 g/mol. The molecule has 6 nitrogen and oxygen atoms in total. The number of aliphatic hydroxyl groups excluding tert-OH is 1. The van der Waals surface area contributed by atoms with Crippen molar-refractivity contribution in [2.75, 3.05) is 44.0 Å². The van der Waals surface area contributed by atoms with Crippen LogP contribution in [0.1, 0.15) is 25.3 Å². The van der Waals surface area contributed by atoms with Crippen molar-refractivity contribution in [1.82, 2.24) is 9.97 Å². The maximum Gasteiger partial charge on any atom is 0.137 e. The number of likely N-dealkylation sites (N-methyl/N-ethyl adjacent to an activating group) is 1. The maximum absolute atomic E-state index is 8.63. The van der Waals surface area contributed by atoms with E-state index in [-0.39, 0.29) is 12.5 Å². The molecule has 102 valence electrons. The van der Waals surface area contributed by atoms with Crippen molar-refractivity contribution < 1.29 is 9.84 Å². The number of nitrogens with two attached hydrogens (primary N) is 1. The van der Waals surface area contributed by atoms with Crippen LogP contribution in [0.25, 0.3) is 0 Å². The maximum atomic E-state index is 8.63. The fourth-order valence-corrected chi connectivity index (χ4v) is 1.73.